The number of nitrogens with zero attached hydrogens (tertiary/aromatic N) is 5. The van der Waals surface area contributed by atoms with E-state index in [0.717, 1.165) is 37.4 Å². The zero-order chi connectivity index (χ0) is 18.7. The number of rotatable bonds is 6. The van der Waals surface area contributed by atoms with Crippen molar-refractivity contribution < 1.29 is 14.6 Å². The first-order valence-electron chi connectivity index (χ1n) is 8.63. The van der Waals surface area contributed by atoms with Crippen LogP contribution < -0.4 is 4.74 Å². The normalized spacial score (nSPS) is 15.4. The Morgan fingerprint density at radius 1 is 1.42 bits per heavy atom. The van der Waals surface area contributed by atoms with E-state index in [9.17, 15) is 9.90 Å². The van der Waals surface area contributed by atoms with Gasteiger partial charge in [0.15, 0.2) is 0 Å². The number of methoxy groups -OCH3 is 1. The van der Waals surface area contributed by atoms with Crippen molar-refractivity contribution in [2.24, 2.45) is 0 Å². The number of ether oxygens (including phenoxy) is 1. The highest BCUT2D eigenvalue weighted by atomic mass is 16.5. The van der Waals surface area contributed by atoms with Crippen LogP contribution in [0, 0.1) is 0 Å². The van der Waals surface area contributed by atoms with Gasteiger partial charge in [0.2, 0.25) is 11.8 Å². The van der Waals surface area contributed by atoms with Crippen LogP contribution in [0.15, 0.2) is 24.4 Å². The average molecular weight is 359 g/mol. The summed E-state index contributed by atoms with van der Waals surface area (Å²) < 4.78 is 7.24. The van der Waals surface area contributed by atoms with Gasteiger partial charge in [0.1, 0.15) is 6.10 Å². The molecule has 0 unspecified atom stereocenters. The maximum atomic E-state index is 11.8. The van der Waals surface area contributed by atoms with E-state index in [1.54, 1.807) is 27.4 Å². The molecule has 0 saturated carbocycles. The van der Waals surface area contributed by atoms with Gasteiger partial charge in [-0.15, -0.1) is 0 Å². The van der Waals surface area contributed by atoms with Gasteiger partial charge < -0.3 is 14.7 Å². The third-order valence-electron chi connectivity index (χ3n) is 4.54. The number of hydrogen-bond donors (Lipinski definition) is 1. The van der Waals surface area contributed by atoms with Crippen molar-refractivity contribution in [2.45, 2.75) is 32.2 Å². The van der Waals surface area contributed by atoms with Crippen LogP contribution in [0.25, 0.3) is 0 Å². The van der Waals surface area contributed by atoms with Crippen molar-refractivity contribution >= 4 is 5.91 Å². The maximum Gasteiger partial charge on any atom is 0.225 e. The van der Waals surface area contributed by atoms with Crippen molar-refractivity contribution in [3.63, 3.8) is 0 Å². The molecule has 8 heteroatoms. The second-order valence-corrected chi connectivity index (χ2v) is 6.67. The summed E-state index contributed by atoms with van der Waals surface area (Å²) in [7, 11) is 4.98. The number of carbonyl (C=O) groups is 1. The van der Waals surface area contributed by atoms with Crippen molar-refractivity contribution in [3.05, 3.63) is 41.3 Å². The Bertz CT molecular complexity index is 774. The molecule has 3 heterocycles. The first kappa shape index (κ1) is 18.3. The van der Waals surface area contributed by atoms with Crippen LogP contribution in [0.5, 0.6) is 5.88 Å². The van der Waals surface area contributed by atoms with Crippen LogP contribution in [-0.4, -0.2) is 63.3 Å². The number of aliphatic hydroxyl groups excluding tert-OH is 1. The Morgan fingerprint density at radius 2 is 2.23 bits per heavy atom. The minimum atomic E-state index is -0.880. The smallest absolute Gasteiger partial charge is 0.225 e. The van der Waals surface area contributed by atoms with E-state index >= 15 is 0 Å². The highest BCUT2D eigenvalue weighted by Gasteiger charge is 2.23. The van der Waals surface area contributed by atoms with Crippen molar-refractivity contribution in [3.8, 4) is 5.88 Å². The summed E-state index contributed by atoms with van der Waals surface area (Å²) in [5.41, 5.74) is 2.63. The molecule has 2 aromatic heterocycles. The van der Waals surface area contributed by atoms with Gasteiger partial charge in [0.05, 0.1) is 31.5 Å². The fraction of sp³-hybridized carbons (Fsp3) is 0.500. The monoisotopic (exact) mass is 359 g/mol. The van der Waals surface area contributed by atoms with Crippen molar-refractivity contribution in [1.29, 1.82) is 0 Å². The van der Waals surface area contributed by atoms with Crippen LogP contribution in [0.2, 0.25) is 0 Å². The first-order chi connectivity index (χ1) is 12.5. The molecule has 0 aromatic carbocycles. The zero-order valence-electron chi connectivity index (χ0n) is 15.4. The number of aromatic nitrogens is 3. The number of pyridine rings is 1. The summed E-state index contributed by atoms with van der Waals surface area (Å²) >= 11 is 0. The number of fused-ring (bicyclic) bond motifs is 1. The van der Waals surface area contributed by atoms with Gasteiger partial charge in [-0.05, 0) is 12.1 Å². The summed E-state index contributed by atoms with van der Waals surface area (Å²) in [5, 5.41) is 14.8. The third-order valence-corrected chi connectivity index (χ3v) is 4.54. The fourth-order valence-electron chi connectivity index (χ4n) is 3.06. The Balaban J connectivity index is 1.67. The molecule has 3 rings (SSSR count). The molecule has 8 nitrogen and oxygen atoms in total. The van der Waals surface area contributed by atoms with Gasteiger partial charge in [0, 0.05) is 45.5 Å². The highest BCUT2D eigenvalue weighted by molar-refractivity contribution is 5.76. The Hall–Kier alpha value is -2.45. The molecule has 140 valence electrons. The molecule has 0 radical (unpaired) electrons. The van der Waals surface area contributed by atoms with Gasteiger partial charge in [-0.25, -0.2) is 4.98 Å². The quantitative estimate of drug-likeness (QED) is 0.822. The molecule has 0 spiro atoms. The van der Waals surface area contributed by atoms with Gasteiger partial charge >= 0.3 is 0 Å². The number of aliphatic hydroxyl groups is 1. The van der Waals surface area contributed by atoms with Crippen LogP contribution in [-0.2, 0) is 24.4 Å². The lowest BCUT2D eigenvalue weighted by Gasteiger charge is -2.27. The molecular weight excluding hydrogens is 334 g/mol. The molecular formula is C18H25N5O3. The topological polar surface area (TPSA) is 83.7 Å². The predicted molar refractivity (Wildman–Crippen MR) is 95.4 cm³/mol. The van der Waals surface area contributed by atoms with E-state index in [2.05, 4.69) is 15.0 Å². The lowest BCUT2D eigenvalue weighted by atomic mass is 10.1. The molecule has 0 bridgehead atoms. The van der Waals surface area contributed by atoms with E-state index < -0.39 is 6.10 Å². The molecule has 0 fully saturated rings. The van der Waals surface area contributed by atoms with Gasteiger partial charge in [-0.2, -0.15) is 5.10 Å². The van der Waals surface area contributed by atoms with E-state index in [1.165, 1.54) is 4.90 Å². The van der Waals surface area contributed by atoms with Crippen LogP contribution in [0.1, 0.15) is 29.5 Å². The van der Waals surface area contributed by atoms with Crippen LogP contribution in [0.3, 0.4) is 0 Å². The van der Waals surface area contributed by atoms with Gasteiger partial charge in [-0.1, -0.05) is 6.07 Å². The molecule has 1 atom stereocenters. The van der Waals surface area contributed by atoms with E-state index in [-0.39, 0.29) is 12.3 Å². The summed E-state index contributed by atoms with van der Waals surface area (Å²) in [5.74, 6) is 0.527. The predicted octanol–water partition coefficient (Wildman–Crippen LogP) is 0.814. The molecule has 0 aliphatic carbocycles. The second-order valence-electron chi connectivity index (χ2n) is 6.67. The van der Waals surface area contributed by atoms with E-state index in [4.69, 9.17) is 4.74 Å². The van der Waals surface area contributed by atoms with E-state index in [1.807, 2.05) is 22.9 Å². The Morgan fingerprint density at radius 3 is 2.96 bits per heavy atom. The first-order valence-corrected chi connectivity index (χ1v) is 8.63. The summed E-state index contributed by atoms with van der Waals surface area (Å²) in [6.07, 6.45) is 0.881. The van der Waals surface area contributed by atoms with Crippen LogP contribution >= 0.6 is 0 Å². The average Bonchev–Trinajstić information content (AvgIpc) is 3.05. The number of amides is 1. The molecule has 26 heavy (non-hydrogen) atoms. The van der Waals surface area contributed by atoms with Crippen LogP contribution in [0.4, 0.5) is 0 Å². The van der Waals surface area contributed by atoms with Crippen molar-refractivity contribution in [1.82, 2.24) is 24.6 Å². The minimum absolute atomic E-state index is 0.0417. The van der Waals surface area contributed by atoms with Gasteiger partial charge in [-0.3, -0.25) is 14.4 Å². The number of hydrogen-bond acceptors (Lipinski definition) is 6. The molecule has 1 aliphatic heterocycles. The Labute approximate surface area is 153 Å². The SMILES string of the molecule is COc1ncccc1CN1CCn2nc([C@@H](O)CC(=O)N(C)C)cc2C1. The summed E-state index contributed by atoms with van der Waals surface area (Å²) in [6.45, 7) is 3.05. The standard InChI is InChI=1S/C18H25N5O3/c1-21(2)17(25)10-16(24)15-9-14-12-22(7-8-23(14)20-15)11-13-5-4-6-19-18(13)26-3/h4-6,9,16,24H,7-8,10-12H2,1-3H3/t16-/m0/s1. The zero-order valence-corrected chi connectivity index (χ0v) is 15.4. The van der Waals surface area contributed by atoms with Gasteiger partial charge in [0.25, 0.3) is 0 Å². The molecule has 1 amide bonds. The largest absolute Gasteiger partial charge is 0.481 e. The number of carbonyl (C=O) groups excluding carboxylic acids is 1. The second kappa shape index (κ2) is 7.84. The molecule has 1 N–H and O–H groups in total. The molecule has 1 aliphatic rings. The third kappa shape index (κ3) is 4.03. The molecule has 2 aromatic rings. The lowest BCUT2D eigenvalue weighted by Crippen LogP contribution is -2.33. The van der Waals surface area contributed by atoms with E-state index in [0.29, 0.717) is 11.6 Å². The molecule has 0 saturated heterocycles. The highest BCUT2D eigenvalue weighted by Crippen LogP contribution is 2.23. The fourth-order valence-corrected chi connectivity index (χ4v) is 3.06. The summed E-state index contributed by atoms with van der Waals surface area (Å²) in [6, 6.07) is 5.81. The van der Waals surface area contributed by atoms with Crippen molar-refractivity contribution in [2.75, 3.05) is 27.7 Å². The Kier molecular flexibility index (Phi) is 5.53. The minimum Gasteiger partial charge on any atom is -0.481 e. The maximum absolute atomic E-state index is 11.8. The summed E-state index contributed by atoms with van der Waals surface area (Å²) in [4.78, 5) is 19.8. The lowest BCUT2D eigenvalue weighted by molar-refractivity contribution is -0.130.